The van der Waals surface area contributed by atoms with Crippen LogP contribution in [0.5, 0.6) is 0 Å². The summed E-state index contributed by atoms with van der Waals surface area (Å²) in [6.45, 7) is 9.17. The predicted octanol–water partition coefficient (Wildman–Crippen LogP) is 3.63. The highest BCUT2D eigenvalue weighted by Crippen LogP contribution is 2.42. The minimum Gasteiger partial charge on any atom is -0.0882 e. The summed E-state index contributed by atoms with van der Waals surface area (Å²) in [5.74, 6) is 2.74. The quantitative estimate of drug-likeness (QED) is 0.530. The van der Waals surface area contributed by atoms with Crippen LogP contribution in [-0.2, 0) is 0 Å². The van der Waals surface area contributed by atoms with Gasteiger partial charge in [0.15, 0.2) is 0 Å². The molecule has 0 amide bonds. The van der Waals surface area contributed by atoms with E-state index in [1.807, 2.05) is 0 Å². The Kier molecular flexibility index (Phi) is 2.75. The predicted molar refractivity (Wildman–Crippen MR) is 50.5 cm³/mol. The fourth-order valence-electron chi connectivity index (χ4n) is 2.08. The Bertz CT molecular complexity index is 153. The molecule has 0 nitrogen and oxygen atoms in total. The lowest BCUT2D eigenvalue weighted by Crippen LogP contribution is -2.27. The van der Waals surface area contributed by atoms with Crippen LogP contribution in [0.3, 0.4) is 0 Å². The maximum absolute atomic E-state index is 2.37. The second-order valence-electron chi connectivity index (χ2n) is 4.25. The molecule has 11 heavy (non-hydrogen) atoms. The summed E-state index contributed by atoms with van der Waals surface area (Å²) in [5, 5.41) is 0. The van der Waals surface area contributed by atoms with Crippen molar-refractivity contribution in [2.24, 2.45) is 17.8 Å². The zero-order valence-electron chi connectivity index (χ0n) is 8.22. The standard InChI is InChI=1S/C11H20/c1-5-10-7-11(9(10)4)6-8(2)3/h5,8-9,11H,6-7H2,1-4H3. The van der Waals surface area contributed by atoms with Crippen LogP contribution < -0.4 is 0 Å². The van der Waals surface area contributed by atoms with Crippen LogP contribution in [0.2, 0.25) is 0 Å². The normalized spacial score (nSPS) is 34.5. The molecule has 1 fully saturated rings. The molecule has 0 heterocycles. The van der Waals surface area contributed by atoms with E-state index in [-0.39, 0.29) is 0 Å². The van der Waals surface area contributed by atoms with Crippen molar-refractivity contribution in [2.75, 3.05) is 0 Å². The summed E-state index contributed by atoms with van der Waals surface area (Å²) >= 11 is 0. The number of hydrogen-bond acceptors (Lipinski definition) is 0. The van der Waals surface area contributed by atoms with Crippen LogP contribution in [0, 0.1) is 17.8 Å². The molecule has 1 aliphatic carbocycles. The van der Waals surface area contributed by atoms with Gasteiger partial charge in [0.1, 0.15) is 0 Å². The summed E-state index contributed by atoms with van der Waals surface area (Å²) in [7, 11) is 0. The Morgan fingerprint density at radius 1 is 1.55 bits per heavy atom. The smallest absolute Gasteiger partial charge is 0.0200 e. The Hall–Kier alpha value is -0.260. The van der Waals surface area contributed by atoms with Gasteiger partial charge in [-0.2, -0.15) is 0 Å². The van der Waals surface area contributed by atoms with Gasteiger partial charge in [-0.1, -0.05) is 32.4 Å². The first-order valence-corrected chi connectivity index (χ1v) is 4.80. The van der Waals surface area contributed by atoms with Gasteiger partial charge in [0.25, 0.3) is 0 Å². The molecular formula is C11H20. The molecule has 0 aliphatic heterocycles. The van der Waals surface area contributed by atoms with Crippen molar-refractivity contribution in [1.82, 2.24) is 0 Å². The Balaban J connectivity index is 2.33. The molecule has 0 saturated heterocycles. The van der Waals surface area contributed by atoms with E-state index < -0.39 is 0 Å². The Morgan fingerprint density at radius 3 is 2.55 bits per heavy atom. The van der Waals surface area contributed by atoms with E-state index in [0.717, 1.165) is 17.8 Å². The lowest BCUT2D eigenvalue weighted by Gasteiger charge is -2.38. The number of allylic oxidation sites excluding steroid dienone is 2. The first-order chi connectivity index (χ1) is 5.15. The fraction of sp³-hybridized carbons (Fsp3) is 0.818. The lowest BCUT2D eigenvalue weighted by molar-refractivity contribution is 0.247. The van der Waals surface area contributed by atoms with E-state index in [0.29, 0.717) is 0 Å². The maximum Gasteiger partial charge on any atom is -0.0200 e. The molecule has 0 aromatic rings. The van der Waals surface area contributed by atoms with Crippen LogP contribution in [0.25, 0.3) is 0 Å². The molecule has 1 aliphatic rings. The third-order valence-corrected chi connectivity index (χ3v) is 2.93. The second kappa shape index (κ2) is 3.42. The molecule has 1 saturated carbocycles. The summed E-state index contributed by atoms with van der Waals surface area (Å²) in [6, 6.07) is 0. The molecular weight excluding hydrogens is 132 g/mol. The van der Waals surface area contributed by atoms with Gasteiger partial charge in [0.2, 0.25) is 0 Å². The van der Waals surface area contributed by atoms with Gasteiger partial charge in [-0.15, -0.1) is 0 Å². The fourth-order valence-corrected chi connectivity index (χ4v) is 2.08. The summed E-state index contributed by atoms with van der Waals surface area (Å²) < 4.78 is 0. The minimum atomic E-state index is 0.876. The monoisotopic (exact) mass is 152 g/mol. The minimum absolute atomic E-state index is 0.876. The van der Waals surface area contributed by atoms with Gasteiger partial charge in [0.05, 0.1) is 0 Å². The van der Waals surface area contributed by atoms with Crippen molar-refractivity contribution in [3.05, 3.63) is 11.6 Å². The van der Waals surface area contributed by atoms with Gasteiger partial charge in [-0.05, 0) is 37.5 Å². The highest BCUT2D eigenvalue weighted by Gasteiger charge is 2.31. The molecule has 0 aromatic carbocycles. The van der Waals surface area contributed by atoms with Crippen molar-refractivity contribution in [3.8, 4) is 0 Å². The van der Waals surface area contributed by atoms with Gasteiger partial charge in [-0.25, -0.2) is 0 Å². The summed E-state index contributed by atoms with van der Waals surface area (Å²) in [4.78, 5) is 0. The molecule has 64 valence electrons. The first-order valence-electron chi connectivity index (χ1n) is 4.80. The largest absolute Gasteiger partial charge is 0.0882 e. The van der Waals surface area contributed by atoms with Gasteiger partial charge in [0, 0.05) is 0 Å². The molecule has 0 N–H and O–H groups in total. The molecule has 0 spiro atoms. The highest BCUT2D eigenvalue weighted by atomic mass is 14.4. The van der Waals surface area contributed by atoms with Crippen molar-refractivity contribution in [3.63, 3.8) is 0 Å². The molecule has 0 aromatic heterocycles. The van der Waals surface area contributed by atoms with E-state index in [4.69, 9.17) is 0 Å². The van der Waals surface area contributed by atoms with Gasteiger partial charge >= 0.3 is 0 Å². The lowest BCUT2D eigenvalue weighted by atomic mass is 9.67. The Labute approximate surface area is 70.7 Å². The van der Waals surface area contributed by atoms with Crippen LogP contribution in [0.4, 0.5) is 0 Å². The highest BCUT2D eigenvalue weighted by molar-refractivity contribution is 5.16. The third-order valence-electron chi connectivity index (χ3n) is 2.93. The van der Waals surface area contributed by atoms with Gasteiger partial charge < -0.3 is 0 Å². The molecule has 2 unspecified atom stereocenters. The van der Waals surface area contributed by atoms with Crippen LogP contribution in [0.1, 0.15) is 40.5 Å². The molecule has 0 radical (unpaired) electrons. The van der Waals surface area contributed by atoms with Crippen molar-refractivity contribution in [1.29, 1.82) is 0 Å². The molecule has 0 heteroatoms. The zero-order chi connectivity index (χ0) is 8.43. The van der Waals surface area contributed by atoms with E-state index in [1.54, 1.807) is 5.57 Å². The number of rotatable bonds is 2. The van der Waals surface area contributed by atoms with Crippen LogP contribution >= 0.6 is 0 Å². The number of hydrogen-bond donors (Lipinski definition) is 0. The van der Waals surface area contributed by atoms with E-state index in [2.05, 4.69) is 33.8 Å². The first kappa shape index (κ1) is 8.83. The van der Waals surface area contributed by atoms with E-state index in [1.165, 1.54) is 12.8 Å². The zero-order valence-corrected chi connectivity index (χ0v) is 8.22. The maximum atomic E-state index is 2.37. The van der Waals surface area contributed by atoms with Gasteiger partial charge in [-0.3, -0.25) is 0 Å². The summed E-state index contributed by atoms with van der Waals surface area (Å²) in [6.07, 6.45) is 5.08. The Morgan fingerprint density at radius 2 is 2.18 bits per heavy atom. The van der Waals surface area contributed by atoms with E-state index >= 15 is 0 Å². The molecule has 2 atom stereocenters. The van der Waals surface area contributed by atoms with Crippen molar-refractivity contribution >= 4 is 0 Å². The van der Waals surface area contributed by atoms with Crippen molar-refractivity contribution in [2.45, 2.75) is 40.5 Å². The topological polar surface area (TPSA) is 0 Å². The third kappa shape index (κ3) is 1.85. The average molecular weight is 152 g/mol. The summed E-state index contributed by atoms with van der Waals surface area (Å²) in [5.41, 5.74) is 1.68. The molecule has 0 bridgehead atoms. The van der Waals surface area contributed by atoms with Crippen molar-refractivity contribution < 1.29 is 0 Å². The van der Waals surface area contributed by atoms with Crippen LogP contribution in [0.15, 0.2) is 11.6 Å². The van der Waals surface area contributed by atoms with Crippen LogP contribution in [-0.4, -0.2) is 0 Å². The SMILES string of the molecule is CC=C1CC(CC(C)C)C1C. The second-order valence-corrected chi connectivity index (χ2v) is 4.25. The average Bonchev–Trinajstić information content (AvgIpc) is 1.96. The van der Waals surface area contributed by atoms with E-state index in [9.17, 15) is 0 Å². The molecule has 1 rings (SSSR count).